The molecule has 0 spiro atoms. The fraction of sp³-hybridized carbons (Fsp3) is 0.526. The van der Waals surface area contributed by atoms with E-state index in [1.165, 1.54) is 12.8 Å². The highest BCUT2D eigenvalue weighted by Crippen LogP contribution is 2.28. The van der Waals surface area contributed by atoms with Gasteiger partial charge in [-0.3, -0.25) is 9.69 Å². The quantitative estimate of drug-likeness (QED) is 0.889. The Balaban J connectivity index is 1.28. The molecular formula is C19H25N5O2. The smallest absolute Gasteiger partial charge is 0.320 e. The molecule has 0 radical (unpaired) electrons. The average molecular weight is 355 g/mol. The first-order valence-electron chi connectivity index (χ1n) is 9.43. The predicted molar refractivity (Wildman–Crippen MR) is 98.3 cm³/mol. The number of nitrogens with one attached hydrogen (secondary N) is 1. The summed E-state index contributed by atoms with van der Waals surface area (Å²) in [5.41, 5.74) is 0.921. The Kier molecular flexibility index (Phi) is 5.15. The van der Waals surface area contributed by atoms with Gasteiger partial charge < -0.3 is 14.6 Å². The van der Waals surface area contributed by atoms with Gasteiger partial charge in [-0.2, -0.15) is 0 Å². The van der Waals surface area contributed by atoms with E-state index in [1.54, 1.807) is 0 Å². The summed E-state index contributed by atoms with van der Waals surface area (Å²) in [6, 6.07) is 10.2. The zero-order valence-electron chi connectivity index (χ0n) is 14.9. The number of likely N-dealkylation sites (tertiary alicyclic amines) is 2. The van der Waals surface area contributed by atoms with Crippen LogP contribution in [0.4, 0.5) is 11.7 Å². The van der Waals surface area contributed by atoms with Crippen molar-refractivity contribution in [3.63, 3.8) is 0 Å². The summed E-state index contributed by atoms with van der Waals surface area (Å²) in [5, 5.41) is 11.4. The molecule has 1 N–H and O–H groups in total. The molecule has 0 bridgehead atoms. The highest BCUT2D eigenvalue weighted by atomic mass is 16.4. The molecule has 3 heterocycles. The number of nitrogens with zero attached hydrogens (tertiary/aromatic N) is 4. The van der Waals surface area contributed by atoms with Crippen LogP contribution in [0.5, 0.6) is 0 Å². The number of benzene rings is 1. The molecule has 2 saturated heterocycles. The molecule has 138 valence electrons. The number of carbonyl (C=O) groups excluding carboxylic acids is 1. The van der Waals surface area contributed by atoms with Crippen molar-refractivity contribution in [3.05, 3.63) is 36.2 Å². The number of carbonyl (C=O) groups is 1. The molecule has 7 heteroatoms. The second-order valence-electron chi connectivity index (χ2n) is 7.07. The molecule has 26 heavy (non-hydrogen) atoms. The molecular weight excluding hydrogens is 330 g/mol. The lowest BCUT2D eigenvalue weighted by Crippen LogP contribution is -2.43. The molecule has 0 aliphatic carbocycles. The summed E-state index contributed by atoms with van der Waals surface area (Å²) in [5.74, 6) is 1.14. The first-order chi connectivity index (χ1) is 12.8. The maximum absolute atomic E-state index is 12.4. The number of aromatic nitrogens is 2. The Hall–Kier alpha value is -2.41. The third-order valence-corrected chi connectivity index (χ3v) is 5.22. The van der Waals surface area contributed by atoms with Gasteiger partial charge in [0.1, 0.15) is 0 Å². The van der Waals surface area contributed by atoms with Crippen molar-refractivity contribution in [3.8, 4) is 0 Å². The molecule has 2 fully saturated rings. The van der Waals surface area contributed by atoms with Crippen LogP contribution in [-0.2, 0) is 4.79 Å². The lowest BCUT2D eigenvalue weighted by Gasteiger charge is -2.31. The Labute approximate surface area is 153 Å². The van der Waals surface area contributed by atoms with Crippen LogP contribution in [0.1, 0.15) is 37.5 Å². The maximum Gasteiger partial charge on any atom is 0.320 e. The largest absolute Gasteiger partial charge is 0.408 e. The molecule has 2 aliphatic heterocycles. The van der Waals surface area contributed by atoms with Crippen molar-refractivity contribution in [2.24, 2.45) is 0 Å². The Bertz CT molecular complexity index is 719. The molecule has 4 rings (SSSR count). The zero-order valence-corrected chi connectivity index (χ0v) is 14.9. The van der Waals surface area contributed by atoms with Crippen LogP contribution in [0, 0.1) is 0 Å². The van der Waals surface area contributed by atoms with Crippen molar-refractivity contribution in [2.75, 3.05) is 38.0 Å². The summed E-state index contributed by atoms with van der Waals surface area (Å²) in [6.07, 6.45) is 4.18. The van der Waals surface area contributed by atoms with E-state index < -0.39 is 0 Å². The van der Waals surface area contributed by atoms with Gasteiger partial charge in [0.05, 0.1) is 6.54 Å². The molecule has 1 aromatic heterocycles. The summed E-state index contributed by atoms with van der Waals surface area (Å²) in [7, 11) is 0. The third-order valence-electron chi connectivity index (χ3n) is 5.22. The van der Waals surface area contributed by atoms with Gasteiger partial charge in [0.25, 0.3) is 0 Å². The summed E-state index contributed by atoms with van der Waals surface area (Å²) < 4.78 is 5.79. The monoisotopic (exact) mass is 355 g/mol. The fourth-order valence-corrected chi connectivity index (χ4v) is 3.70. The van der Waals surface area contributed by atoms with Gasteiger partial charge in [-0.05, 0) is 50.9 Å². The van der Waals surface area contributed by atoms with E-state index in [2.05, 4.69) is 20.4 Å². The number of anilines is 2. The van der Waals surface area contributed by atoms with E-state index in [-0.39, 0.29) is 11.8 Å². The van der Waals surface area contributed by atoms with Gasteiger partial charge in [-0.1, -0.05) is 23.3 Å². The first kappa shape index (κ1) is 17.0. The topological polar surface area (TPSA) is 74.5 Å². The molecule has 0 atom stereocenters. The lowest BCUT2D eigenvalue weighted by molar-refractivity contribution is -0.133. The predicted octanol–water partition coefficient (Wildman–Crippen LogP) is 2.62. The van der Waals surface area contributed by atoms with E-state index in [0.717, 1.165) is 44.7 Å². The van der Waals surface area contributed by atoms with Crippen molar-refractivity contribution in [1.82, 2.24) is 20.0 Å². The minimum absolute atomic E-state index is 0.227. The summed E-state index contributed by atoms with van der Waals surface area (Å²) >= 11 is 0. The van der Waals surface area contributed by atoms with Crippen LogP contribution in [0.25, 0.3) is 0 Å². The van der Waals surface area contributed by atoms with E-state index in [4.69, 9.17) is 4.42 Å². The number of hydrogen-bond acceptors (Lipinski definition) is 6. The van der Waals surface area contributed by atoms with Gasteiger partial charge in [-0.15, -0.1) is 5.10 Å². The van der Waals surface area contributed by atoms with Crippen LogP contribution in [0.2, 0.25) is 0 Å². The molecule has 7 nitrogen and oxygen atoms in total. The van der Waals surface area contributed by atoms with Crippen molar-refractivity contribution < 1.29 is 9.21 Å². The number of piperidine rings is 1. The minimum atomic E-state index is 0.227. The lowest BCUT2D eigenvalue weighted by atomic mass is 9.97. The second-order valence-corrected chi connectivity index (χ2v) is 7.07. The van der Waals surface area contributed by atoms with Gasteiger partial charge >= 0.3 is 6.01 Å². The third kappa shape index (κ3) is 4.04. The van der Waals surface area contributed by atoms with Crippen LogP contribution in [-0.4, -0.2) is 58.6 Å². The number of hydrogen-bond donors (Lipinski definition) is 1. The number of rotatable bonds is 5. The van der Waals surface area contributed by atoms with Crippen LogP contribution >= 0.6 is 0 Å². The van der Waals surface area contributed by atoms with Crippen LogP contribution in [0.15, 0.2) is 34.7 Å². The standard InChI is InChI=1S/C19H25N5O2/c25-17(14-23-10-4-5-11-23)24-12-8-15(9-13-24)18-21-22-19(26-18)20-16-6-2-1-3-7-16/h1-3,6-7,15H,4-5,8-14H2,(H,20,22). The molecule has 2 aliphatic rings. The van der Waals surface area contributed by atoms with Crippen LogP contribution in [0.3, 0.4) is 0 Å². The number of amides is 1. The Morgan fingerprint density at radius 1 is 1.08 bits per heavy atom. The Morgan fingerprint density at radius 2 is 1.81 bits per heavy atom. The van der Waals surface area contributed by atoms with Gasteiger partial charge in [0.15, 0.2) is 0 Å². The zero-order chi connectivity index (χ0) is 17.8. The fourth-order valence-electron chi connectivity index (χ4n) is 3.70. The van der Waals surface area contributed by atoms with Gasteiger partial charge in [-0.25, -0.2) is 0 Å². The molecule has 1 aromatic carbocycles. The number of para-hydroxylation sites is 1. The van der Waals surface area contributed by atoms with Gasteiger partial charge in [0.2, 0.25) is 11.8 Å². The van der Waals surface area contributed by atoms with Crippen LogP contribution < -0.4 is 5.32 Å². The van der Waals surface area contributed by atoms with Crippen molar-refractivity contribution in [2.45, 2.75) is 31.6 Å². The normalized spacial score (nSPS) is 19.0. The molecule has 2 aromatic rings. The maximum atomic E-state index is 12.4. The highest BCUT2D eigenvalue weighted by Gasteiger charge is 2.28. The summed E-state index contributed by atoms with van der Waals surface area (Å²) in [6.45, 7) is 4.21. The SMILES string of the molecule is O=C(CN1CCCC1)N1CCC(c2nnc(Nc3ccccc3)o2)CC1. The van der Waals surface area contributed by atoms with E-state index in [0.29, 0.717) is 18.5 Å². The highest BCUT2D eigenvalue weighted by molar-refractivity contribution is 5.78. The van der Waals surface area contributed by atoms with Crippen molar-refractivity contribution >= 4 is 17.6 Å². The molecule has 0 saturated carbocycles. The second kappa shape index (κ2) is 7.86. The Morgan fingerprint density at radius 3 is 2.54 bits per heavy atom. The molecule has 1 amide bonds. The van der Waals surface area contributed by atoms with E-state index in [1.807, 2.05) is 35.2 Å². The minimum Gasteiger partial charge on any atom is -0.408 e. The first-order valence-corrected chi connectivity index (χ1v) is 9.43. The van der Waals surface area contributed by atoms with Gasteiger partial charge in [0, 0.05) is 24.7 Å². The summed E-state index contributed by atoms with van der Waals surface area (Å²) in [4.78, 5) is 16.7. The van der Waals surface area contributed by atoms with Crippen molar-refractivity contribution in [1.29, 1.82) is 0 Å². The van der Waals surface area contributed by atoms with E-state index in [9.17, 15) is 4.79 Å². The van der Waals surface area contributed by atoms with E-state index >= 15 is 0 Å². The average Bonchev–Trinajstić information content (AvgIpc) is 3.35. The molecule has 0 unspecified atom stereocenters.